The highest BCUT2D eigenvalue weighted by molar-refractivity contribution is 6.12. The molecule has 4 aromatic carbocycles. The van der Waals surface area contributed by atoms with Gasteiger partial charge in [-0.3, -0.25) is 4.79 Å². The maximum Gasteiger partial charge on any atom is 0.257 e. The molecule has 216 valence electrons. The molecule has 6 rings (SSSR count). The second-order valence-electron chi connectivity index (χ2n) is 10.5. The maximum absolute atomic E-state index is 13.2. The quantitative estimate of drug-likeness (QED) is 0.242. The molecule has 1 amide bonds. The molecule has 0 bridgehead atoms. The Morgan fingerprint density at radius 2 is 1.62 bits per heavy atom. The molecule has 42 heavy (non-hydrogen) atoms. The van der Waals surface area contributed by atoms with Crippen LogP contribution in [0, 0.1) is 0 Å². The van der Waals surface area contributed by atoms with Gasteiger partial charge in [-0.05, 0) is 89.8 Å². The molecule has 8 heteroatoms. The molecule has 2 aliphatic rings. The Kier molecular flexibility index (Phi) is 8.26. The van der Waals surface area contributed by atoms with E-state index in [1.165, 1.54) is 5.69 Å². The summed E-state index contributed by atoms with van der Waals surface area (Å²) in [6.45, 7) is 4.45. The predicted molar refractivity (Wildman–Crippen MR) is 168 cm³/mol. The van der Waals surface area contributed by atoms with Crippen molar-refractivity contribution in [3.8, 4) is 22.6 Å². The molecule has 0 atom stereocenters. The normalized spacial score (nSPS) is 14.2. The highest BCUT2D eigenvalue weighted by Gasteiger charge is 2.20. The molecule has 8 nitrogen and oxygen atoms in total. The number of carbonyl (C=O) groups excluding carboxylic acids is 1. The summed E-state index contributed by atoms with van der Waals surface area (Å²) < 4.78 is 17.1. The van der Waals surface area contributed by atoms with Gasteiger partial charge in [0.05, 0.1) is 49.6 Å². The molecule has 0 unspecified atom stereocenters. The van der Waals surface area contributed by atoms with E-state index in [-0.39, 0.29) is 5.91 Å². The van der Waals surface area contributed by atoms with Crippen molar-refractivity contribution in [3.63, 3.8) is 0 Å². The zero-order chi connectivity index (χ0) is 28.9. The number of hydrogen-bond donors (Lipinski definition) is 3. The molecule has 2 heterocycles. The van der Waals surface area contributed by atoms with Gasteiger partial charge in [-0.15, -0.1) is 0 Å². The lowest BCUT2D eigenvalue weighted by atomic mass is 9.99. The van der Waals surface area contributed by atoms with Gasteiger partial charge in [0.2, 0.25) is 0 Å². The van der Waals surface area contributed by atoms with E-state index >= 15 is 0 Å². The average Bonchev–Trinajstić information content (AvgIpc) is 3.17. The number of nitrogens with one attached hydrogen (secondary N) is 2. The molecule has 0 aromatic heterocycles. The van der Waals surface area contributed by atoms with E-state index in [9.17, 15) is 4.79 Å². The van der Waals surface area contributed by atoms with Gasteiger partial charge in [-0.25, -0.2) is 0 Å². The van der Waals surface area contributed by atoms with Crippen LogP contribution in [0.2, 0.25) is 0 Å². The van der Waals surface area contributed by atoms with E-state index < -0.39 is 0 Å². The van der Waals surface area contributed by atoms with Gasteiger partial charge in [0.1, 0.15) is 11.5 Å². The number of fused-ring (bicyclic) bond motifs is 2. The molecule has 0 aliphatic carbocycles. The number of nitrogens with zero attached hydrogens (tertiary/aromatic N) is 1. The Morgan fingerprint density at radius 3 is 2.40 bits per heavy atom. The summed E-state index contributed by atoms with van der Waals surface area (Å²) in [4.78, 5) is 15.5. The molecule has 0 spiro atoms. The third kappa shape index (κ3) is 6.05. The second-order valence-corrected chi connectivity index (χ2v) is 10.5. The average molecular weight is 565 g/mol. The fraction of sp³-hybridized carbons (Fsp3) is 0.265. The molecule has 1 saturated heterocycles. The summed E-state index contributed by atoms with van der Waals surface area (Å²) >= 11 is 0. The Hall–Kier alpha value is -4.53. The van der Waals surface area contributed by atoms with Crippen LogP contribution in [0.4, 0.5) is 22.7 Å². The first kappa shape index (κ1) is 27.6. The molecule has 1 fully saturated rings. The van der Waals surface area contributed by atoms with Gasteiger partial charge in [-0.1, -0.05) is 24.3 Å². The van der Waals surface area contributed by atoms with Gasteiger partial charge < -0.3 is 35.5 Å². The monoisotopic (exact) mass is 564 g/mol. The highest BCUT2D eigenvalue weighted by atomic mass is 16.5. The molecular formula is C34H36N4O4. The number of hydrogen-bond acceptors (Lipinski definition) is 7. The summed E-state index contributed by atoms with van der Waals surface area (Å²) in [5.74, 6) is 1.51. The Labute approximate surface area is 246 Å². The zero-order valence-corrected chi connectivity index (χ0v) is 23.8. The first-order chi connectivity index (χ1) is 20.6. The van der Waals surface area contributed by atoms with Crippen LogP contribution < -0.4 is 30.7 Å². The van der Waals surface area contributed by atoms with E-state index in [4.69, 9.17) is 19.9 Å². The van der Waals surface area contributed by atoms with Crippen LogP contribution in [0.1, 0.15) is 21.5 Å². The van der Waals surface area contributed by atoms with Crippen molar-refractivity contribution in [2.75, 3.05) is 62.1 Å². The van der Waals surface area contributed by atoms with Crippen molar-refractivity contribution in [1.82, 2.24) is 0 Å². The number of ether oxygens (including phenoxy) is 3. The maximum atomic E-state index is 13.2. The first-order valence-corrected chi connectivity index (χ1v) is 14.4. The lowest BCUT2D eigenvalue weighted by molar-refractivity contribution is 0.102. The van der Waals surface area contributed by atoms with Crippen LogP contribution in [0.3, 0.4) is 0 Å². The zero-order valence-electron chi connectivity index (χ0n) is 23.8. The summed E-state index contributed by atoms with van der Waals surface area (Å²) in [7, 11) is 1.67. The Morgan fingerprint density at radius 1 is 0.833 bits per heavy atom. The number of amides is 1. The lowest BCUT2D eigenvalue weighted by Gasteiger charge is -2.28. The van der Waals surface area contributed by atoms with Gasteiger partial charge in [0.15, 0.2) is 0 Å². The first-order valence-electron chi connectivity index (χ1n) is 14.4. The number of anilines is 4. The number of morpholine rings is 1. The SMILES string of the molecule is COc1cc(-c2ccc3c(c2)Nc2ccc(CCOc4ccc(N5CCOCC5)cc4)cc2NC3=O)ccc1CCN. The molecule has 4 N–H and O–H groups in total. The van der Waals surface area contributed by atoms with Crippen molar-refractivity contribution in [1.29, 1.82) is 0 Å². The molecule has 2 aliphatic heterocycles. The van der Waals surface area contributed by atoms with Crippen LogP contribution >= 0.6 is 0 Å². The van der Waals surface area contributed by atoms with Gasteiger partial charge in [0.25, 0.3) is 5.91 Å². The molecular weight excluding hydrogens is 528 g/mol. The minimum atomic E-state index is -0.146. The second kappa shape index (κ2) is 12.5. The Bertz CT molecular complexity index is 1560. The van der Waals surface area contributed by atoms with Crippen molar-refractivity contribution in [2.45, 2.75) is 12.8 Å². The van der Waals surface area contributed by atoms with E-state index in [0.717, 1.165) is 83.5 Å². The lowest BCUT2D eigenvalue weighted by Crippen LogP contribution is -2.36. The van der Waals surface area contributed by atoms with Crippen LogP contribution in [-0.2, 0) is 17.6 Å². The molecule has 0 saturated carbocycles. The fourth-order valence-corrected chi connectivity index (χ4v) is 5.47. The highest BCUT2D eigenvalue weighted by Crippen LogP contribution is 2.36. The van der Waals surface area contributed by atoms with E-state index in [1.54, 1.807) is 7.11 Å². The Balaban J connectivity index is 1.13. The largest absolute Gasteiger partial charge is 0.496 e. The summed E-state index contributed by atoms with van der Waals surface area (Å²) in [5, 5.41) is 6.55. The van der Waals surface area contributed by atoms with Crippen molar-refractivity contribution < 1.29 is 19.0 Å². The van der Waals surface area contributed by atoms with Gasteiger partial charge >= 0.3 is 0 Å². The summed E-state index contributed by atoms with van der Waals surface area (Å²) in [6, 6.07) is 26.3. The predicted octanol–water partition coefficient (Wildman–Crippen LogP) is 5.63. The molecule has 4 aromatic rings. The van der Waals surface area contributed by atoms with E-state index in [2.05, 4.69) is 39.8 Å². The minimum Gasteiger partial charge on any atom is -0.496 e. The summed E-state index contributed by atoms with van der Waals surface area (Å²) in [6.07, 6.45) is 1.47. The van der Waals surface area contributed by atoms with Crippen LogP contribution in [0.25, 0.3) is 11.1 Å². The van der Waals surface area contributed by atoms with Gasteiger partial charge in [0, 0.05) is 25.2 Å². The van der Waals surface area contributed by atoms with Gasteiger partial charge in [-0.2, -0.15) is 0 Å². The van der Waals surface area contributed by atoms with Crippen LogP contribution in [0.5, 0.6) is 11.5 Å². The smallest absolute Gasteiger partial charge is 0.257 e. The minimum absolute atomic E-state index is 0.146. The van der Waals surface area contributed by atoms with Crippen LogP contribution in [-0.4, -0.2) is 52.5 Å². The van der Waals surface area contributed by atoms with E-state index in [0.29, 0.717) is 25.1 Å². The number of methoxy groups -OCH3 is 1. The fourth-order valence-electron chi connectivity index (χ4n) is 5.47. The summed E-state index contributed by atoms with van der Waals surface area (Å²) in [5.41, 5.74) is 14.0. The number of rotatable bonds is 9. The number of carbonyl (C=O) groups is 1. The third-order valence-electron chi connectivity index (χ3n) is 7.77. The number of nitrogens with two attached hydrogens (primary N) is 1. The molecule has 0 radical (unpaired) electrons. The van der Waals surface area contributed by atoms with Crippen molar-refractivity contribution in [3.05, 3.63) is 95.6 Å². The van der Waals surface area contributed by atoms with Crippen molar-refractivity contribution in [2.24, 2.45) is 5.73 Å². The third-order valence-corrected chi connectivity index (χ3v) is 7.77. The van der Waals surface area contributed by atoms with Crippen LogP contribution in [0.15, 0.2) is 78.9 Å². The van der Waals surface area contributed by atoms with E-state index in [1.807, 2.05) is 54.6 Å². The number of benzene rings is 4. The van der Waals surface area contributed by atoms with Crippen molar-refractivity contribution >= 4 is 28.7 Å². The topological polar surface area (TPSA) is 98.1 Å². The standard InChI is InChI=1S/C34H36N4O4/c1-40-33-22-26(4-3-24(33)12-14-35)25-5-10-29-31(21-25)36-30-11-2-23(20-32(30)37-34(29)39)13-17-42-28-8-6-27(7-9-28)38-15-18-41-19-16-38/h2-11,20-22,36H,12-19,35H2,1H3,(H,37,39).